The topological polar surface area (TPSA) is 49.4 Å². The smallest absolute Gasteiger partial charge is 0.254 e. The quantitative estimate of drug-likeness (QED) is 0.921. The number of benzene rings is 1. The Hall–Kier alpha value is -2.28. The summed E-state index contributed by atoms with van der Waals surface area (Å²) in [4.78, 5) is 27.2. The van der Waals surface area contributed by atoms with Crippen molar-refractivity contribution in [2.75, 3.05) is 13.1 Å². The predicted molar refractivity (Wildman–Crippen MR) is 86.7 cm³/mol. The van der Waals surface area contributed by atoms with Crippen molar-refractivity contribution in [2.24, 2.45) is 0 Å². The molecule has 0 radical (unpaired) electrons. The predicted octanol–water partition coefficient (Wildman–Crippen LogP) is 3.12. The van der Waals surface area contributed by atoms with Crippen molar-refractivity contribution in [1.29, 1.82) is 0 Å². The summed E-state index contributed by atoms with van der Waals surface area (Å²) in [5.74, 6) is -2.64. The van der Waals surface area contributed by atoms with Crippen molar-refractivity contribution < 1.29 is 18.4 Å². The molecule has 1 N–H and O–H groups in total. The van der Waals surface area contributed by atoms with Crippen molar-refractivity contribution >= 4 is 23.2 Å². The van der Waals surface area contributed by atoms with E-state index in [0.717, 1.165) is 29.9 Å². The van der Waals surface area contributed by atoms with Gasteiger partial charge in [0, 0.05) is 17.5 Å². The third-order valence-electron chi connectivity index (χ3n) is 4.02. The lowest BCUT2D eigenvalue weighted by Gasteiger charge is -2.24. The molecule has 2 amide bonds. The van der Waals surface area contributed by atoms with Crippen LogP contribution in [0.3, 0.4) is 0 Å². The van der Waals surface area contributed by atoms with E-state index in [4.69, 9.17) is 0 Å². The lowest BCUT2D eigenvalue weighted by atomic mass is 10.2. The van der Waals surface area contributed by atoms with Crippen LogP contribution in [0.2, 0.25) is 0 Å². The summed E-state index contributed by atoms with van der Waals surface area (Å²) in [6.45, 7) is 0.430. The van der Waals surface area contributed by atoms with Gasteiger partial charge in [-0.2, -0.15) is 0 Å². The van der Waals surface area contributed by atoms with Gasteiger partial charge in [0.2, 0.25) is 5.91 Å². The van der Waals surface area contributed by atoms with Crippen LogP contribution >= 0.6 is 11.3 Å². The molecule has 0 spiro atoms. The van der Waals surface area contributed by atoms with E-state index in [-0.39, 0.29) is 24.1 Å². The lowest BCUT2D eigenvalue weighted by Crippen LogP contribution is -2.39. The van der Waals surface area contributed by atoms with Gasteiger partial charge in [-0.3, -0.25) is 9.59 Å². The summed E-state index contributed by atoms with van der Waals surface area (Å²) in [7, 11) is 0. The Balaban J connectivity index is 1.61. The molecule has 4 nitrogen and oxygen atoms in total. The first-order valence-electron chi connectivity index (χ1n) is 7.62. The molecule has 3 rings (SSSR count). The number of nitrogens with one attached hydrogen (secondary N) is 1. The van der Waals surface area contributed by atoms with Crippen LogP contribution in [-0.4, -0.2) is 29.8 Å². The molecule has 2 aromatic rings. The van der Waals surface area contributed by atoms with E-state index in [1.807, 2.05) is 17.5 Å². The van der Waals surface area contributed by atoms with Crippen LogP contribution in [0.1, 0.15) is 34.1 Å². The summed E-state index contributed by atoms with van der Waals surface area (Å²) in [5, 5.41) is 4.38. The summed E-state index contributed by atoms with van der Waals surface area (Å²) in [6, 6.07) is 6.69. The number of likely N-dealkylation sites (tertiary alicyclic amines) is 1. The number of halogens is 2. The van der Waals surface area contributed by atoms with Gasteiger partial charge in [-0.25, -0.2) is 8.78 Å². The van der Waals surface area contributed by atoms with E-state index >= 15 is 0 Å². The van der Waals surface area contributed by atoms with E-state index in [1.54, 1.807) is 16.2 Å². The van der Waals surface area contributed by atoms with Crippen molar-refractivity contribution in [3.8, 4) is 0 Å². The molecule has 0 bridgehead atoms. The number of nitrogens with zero attached hydrogens (tertiary/aromatic N) is 1. The highest BCUT2D eigenvalue weighted by atomic mass is 32.1. The number of hydrogen-bond acceptors (Lipinski definition) is 3. The maximum absolute atomic E-state index is 13.6. The zero-order valence-electron chi connectivity index (χ0n) is 12.8. The van der Waals surface area contributed by atoms with Gasteiger partial charge in [0.05, 0.1) is 18.2 Å². The molecule has 1 saturated heterocycles. The van der Waals surface area contributed by atoms with Crippen molar-refractivity contribution in [1.82, 2.24) is 10.2 Å². The third kappa shape index (κ3) is 3.46. The highest BCUT2D eigenvalue weighted by Gasteiger charge is 2.30. The third-order valence-corrected chi connectivity index (χ3v) is 4.99. The molecule has 0 saturated carbocycles. The van der Waals surface area contributed by atoms with Gasteiger partial charge >= 0.3 is 0 Å². The number of carbonyl (C=O) groups excluding carboxylic acids is 2. The van der Waals surface area contributed by atoms with E-state index in [1.165, 1.54) is 0 Å². The summed E-state index contributed by atoms with van der Waals surface area (Å²) < 4.78 is 26.5. The number of thiophene rings is 1. The molecule has 24 heavy (non-hydrogen) atoms. The maximum Gasteiger partial charge on any atom is 0.254 e. The fourth-order valence-electron chi connectivity index (χ4n) is 2.87. The average Bonchev–Trinajstić information content (AvgIpc) is 3.22. The van der Waals surface area contributed by atoms with Gasteiger partial charge in [0.1, 0.15) is 11.6 Å². The first kappa shape index (κ1) is 16.6. The Morgan fingerprint density at radius 3 is 2.83 bits per heavy atom. The molecule has 2 heterocycles. The van der Waals surface area contributed by atoms with Crippen molar-refractivity contribution in [3.05, 3.63) is 57.8 Å². The molecular weight excluding hydrogens is 334 g/mol. The molecule has 1 atom stereocenters. The van der Waals surface area contributed by atoms with Crippen LogP contribution in [0.5, 0.6) is 0 Å². The Morgan fingerprint density at radius 1 is 1.29 bits per heavy atom. The van der Waals surface area contributed by atoms with Crippen LogP contribution in [0, 0.1) is 11.6 Å². The van der Waals surface area contributed by atoms with Crippen LogP contribution < -0.4 is 5.32 Å². The van der Waals surface area contributed by atoms with Gasteiger partial charge in [-0.15, -0.1) is 11.3 Å². The molecule has 1 fully saturated rings. The Morgan fingerprint density at radius 2 is 2.12 bits per heavy atom. The maximum atomic E-state index is 13.6. The zero-order valence-corrected chi connectivity index (χ0v) is 13.6. The standard InChI is InChI=1S/C17H16F2N2O2S/c18-11-5-6-12(13(19)9-11)17(23)20-10-16(22)21-7-1-3-14(21)15-4-2-8-24-15/h2,4-6,8-9,14H,1,3,7,10H2,(H,20,23). The lowest BCUT2D eigenvalue weighted by molar-refractivity contribution is -0.131. The van der Waals surface area contributed by atoms with E-state index in [9.17, 15) is 18.4 Å². The highest BCUT2D eigenvalue weighted by molar-refractivity contribution is 7.10. The average molecular weight is 350 g/mol. The van der Waals surface area contributed by atoms with Crippen molar-refractivity contribution in [2.45, 2.75) is 18.9 Å². The van der Waals surface area contributed by atoms with Gasteiger partial charge in [0.15, 0.2) is 0 Å². The van der Waals surface area contributed by atoms with Crippen LogP contribution in [0.25, 0.3) is 0 Å². The van der Waals surface area contributed by atoms with Crippen LogP contribution in [0.4, 0.5) is 8.78 Å². The fraction of sp³-hybridized carbons (Fsp3) is 0.294. The molecule has 7 heteroatoms. The molecular formula is C17H16F2N2O2S. The minimum absolute atomic E-state index is 0.0389. The minimum Gasteiger partial charge on any atom is -0.343 e. The van der Waals surface area contributed by atoms with Gasteiger partial charge in [-0.05, 0) is 36.4 Å². The van der Waals surface area contributed by atoms with Gasteiger partial charge in [-0.1, -0.05) is 6.07 Å². The van der Waals surface area contributed by atoms with E-state index in [2.05, 4.69) is 5.32 Å². The molecule has 1 aromatic heterocycles. The molecule has 1 unspecified atom stereocenters. The van der Waals surface area contributed by atoms with E-state index in [0.29, 0.717) is 12.6 Å². The SMILES string of the molecule is O=C(NCC(=O)N1CCCC1c1cccs1)c1ccc(F)cc1F. The normalized spacial score (nSPS) is 17.1. The second-order valence-electron chi connectivity index (χ2n) is 5.57. The van der Waals surface area contributed by atoms with Crippen LogP contribution in [-0.2, 0) is 4.79 Å². The first-order chi connectivity index (χ1) is 11.6. The second-order valence-corrected chi connectivity index (χ2v) is 6.55. The fourth-order valence-corrected chi connectivity index (χ4v) is 3.74. The number of amides is 2. The Bertz CT molecular complexity index is 749. The highest BCUT2D eigenvalue weighted by Crippen LogP contribution is 2.34. The monoisotopic (exact) mass is 350 g/mol. The summed E-state index contributed by atoms with van der Waals surface area (Å²) in [5.41, 5.74) is -0.277. The second kappa shape index (κ2) is 7.09. The molecule has 1 aliphatic heterocycles. The van der Waals surface area contributed by atoms with Crippen LogP contribution in [0.15, 0.2) is 35.7 Å². The summed E-state index contributed by atoms with van der Waals surface area (Å²) >= 11 is 1.60. The van der Waals surface area contributed by atoms with Gasteiger partial charge < -0.3 is 10.2 Å². The summed E-state index contributed by atoms with van der Waals surface area (Å²) in [6.07, 6.45) is 1.81. The molecule has 126 valence electrons. The largest absolute Gasteiger partial charge is 0.343 e. The van der Waals surface area contributed by atoms with Crippen molar-refractivity contribution in [3.63, 3.8) is 0 Å². The van der Waals surface area contributed by atoms with E-state index < -0.39 is 17.5 Å². The zero-order chi connectivity index (χ0) is 17.1. The molecule has 1 aromatic carbocycles. The van der Waals surface area contributed by atoms with Gasteiger partial charge in [0.25, 0.3) is 5.91 Å². The number of hydrogen-bond donors (Lipinski definition) is 1. The minimum atomic E-state index is -0.947. The number of rotatable bonds is 4. The molecule has 1 aliphatic rings. The number of carbonyl (C=O) groups is 2. The first-order valence-corrected chi connectivity index (χ1v) is 8.50. The Labute approximate surface area is 142 Å². The molecule has 0 aliphatic carbocycles. The Kier molecular flexibility index (Phi) is 4.89.